The smallest absolute Gasteiger partial charge is 0.248 e. The summed E-state index contributed by atoms with van der Waals surface area (Å²) in [7, 11) is 0. The van der Waals surface area contributed by atoms with E-state index >= 15 is 0 Å². The molecular weight excluding hydrogens is 224 g/mol. The second-order valence-electron chi connectivity index (χ2n) is 5.29. The lowest BCUT2D eigenvalue weighted by molar-refractivity contribution is -0.120. The summed E-state index contributed by atoms with van der Waals surface area (Å²) in [6.45, 7) is 8.07. The molecule has 1 heterocycles. The SMILES string of the molecule is CCCNC1C(=O)N(CC(C)C)c2ccccc21. The standard InChI is InChI=1S/C15H22N2O/c1-4-9-16-14-12-7-5-6-8-13(12)17(15(14)18)10-11(2)3/h5-8,11,14,16H,4,9-10H2,1-3H3. The van der Waals surface area contributed by atoms with Crippen LogP contribution in [0.5, 0.6) is 0 Å². The average molecular weight is 246 g/mol. The largest absolute Gasteiger partial charge is 0.310 e. The molecule has 0 bridgehead atoms. The van der Waals surface area contributed by atoms with Gasteiger partial charge in [-0.25, -0.2) is 0 Å². The highest BCUT2D eigenvalue weighted by molar-refractivity contribution is 6.04. The Morgan fingerprint density at radius 2 is 2.06 bits per heavy atom. The summed E-state index contributed by atoms with van der Waals surface area (Å²) in [5.74, 6) is 0.672. The third-order valence-corrected chi connectivity index (χ3v) is 3.20. The molecule has 1 aromatic carbocycles. The number of anilines is 1. The van der Waals surface area contributed by atoms with Gasteiger partial charge in [-0.1, -0.05) is 39.0 Å². The van der Waals surface area contributed by atoms with Crippen LogP contribution in [-0.2, 0) is 4.79 Å². The van der Waals surface area contributed by atoms with E-state index < -0.39 is 0 Å². The Kier molecular flexibility index (Phi) is 4.02. The molecule has 0 saturated heterocycles. The first-order chi connectivity index (χ1) is 8.65. The number of carbonyl (C=O) groups is 1. The zero-order valence-corrected chi connectivity index (χ0v) is 11.4. The molecule has 1 aliphatic heterocycles. The first-order valence-corrected chi connectivity index (χ1v) is 6.78. The van der Waals surface area contributed by atoms with Crippen molar-refractivity contribution < 1.29 is 4.79 Å². The van der Waals surface area contributed by atoms with Crippen molar-refractivity contribution in [2.75, 3.05) is 18.0 Å². The van der Waals surface area contributed by atoms with E-state index in [4.69, 9.17) is 0 Å². The first kappa shape index (κ1) is 13.1. The molecule has 0 spiro atoms. The van der Waals surface area contributed by atoms with E-state index in [0.29, 0.717) is 5.92 Å². The summed E-state index contributed by atoms with van der Waals surface area (Å²) in [6.07, 6.45) is 1.04. The zero-order valence-electron chi connectivity index (χ0n) is 11.4. The third-order valence-electron chi connectivity index (χ3n) is 3.20. The molecule has 0 radical (unpaired) electrons. The molecule has 3 heteroatoms. The summed E-state index contributed by atoms with van der Waals surface area (Å²) in [5.41, 5.74) is 2.20. The van der Waals surface area contributed by atoms with Crippen LogP contribution in [0.25, 0.3) is 0 Å². The van der Waals surface area contributed by atoms with Gasteiger partial charge in [0.15, 0.2) is 0 Å². The highest BCUT2D eigenvalue weighted by Gasteiger charge is 2.36. The van der Waals surface area contributed by atoms with Crippen LogP contribution < -0.4 is 10.2 Å². The highest BCUT2D eigenvalue weighted by Crippen LogP contribution is 2.35. The number of hydrogen-bond acceptors (Lipinski definition) is 2. The van der Waals surface area contributed by atoms with Crippen LogP contribution >= 0.6 is 0 Å². The second-order valence-corrected chi connectivity index (χ2v) is 5.29. The molecular formula is C15H22N2O. The summed E-state index contributed by atoms with van der Waals surface area (Å²) < 4.78 is 0. The summed E-state index contributed by atoms with van der Waals surface area (Å²) >= 11 is 0. The molecule has 0 aromatic heterocycles. The number of carbonyl (C=O) groups excluding carboxylic acids is 1. The van der Waals surface area contributed by atoms with Crippen molar-refractivity contribution in [1.29, 1.82) is 0 Å². The fourth-order valence-electron chi connectivity index (χ4n) is 2.42. The van der Waals surface area contributed by atoms with Crippen LogP contribution in [0.2, 0.25) is 0 Å². The number of nitrogens with zero attached hydrogens (tertiary/aromatic N) is 1. The Hall–Kier alpha value is -1.35. The van der Waals surface area contributed by atoms with Gasteiger partial charge in [0, 0.05) is 17.8 Å². The van der Waals surface area contributed by atoms with Gasteiger partial charge in [-0.05, 0) is 24.9 Å². The number of amides is 1. The summed E-state index contributed by atoms with van der Waals surface area (Å²) in [4.78, 5) is 14.4. The third kappa shape index (κ3) is 2.41. The average Bonchev–Trinajstić information content (AvgIpc) is 2.60. The molecule has 18 heavy (non-hydrogen) atoms. The van der Waals surface area contributed by atoms with Crippen LogP contribution in [0.3, 0.4) is 0 Å². The van der Waals surface area contributed by atoms with Gasteiger partial charge in [0.25, 0.3) is 0 Å². The van der Waals surface area contributed by atoms with E-state index in [9.17, 15) is 4.79 Å². The molecule has 1 aliphatic rings. The first-order valence-electron chi connectivity index (χ1n) is 6.78. The quantitative estimate of drug-likeness (QED) is 0.866. The van der Waals surface area contributed by atoms with Gasteiger partial charge in [0.05, 0.1) is 0 Å². The Labute approximate surface area is 109 Å². The minimum absolute atomic E-state index is 0.153. The van der Waals surface area contributed by atoms with Crippen molar-refractivity contribution >= 4 is 11.6 Å². The van der Waals surface area contributed by atoms with Crippen molar-refractivity contribution in [2.45, 2.75) is 33.2 Å². The second kappa shape index (κ2) is 5.53. The summed E-state index contributed by atoms with van der Waals surface area (Å²) in [5, 5.41) is 3.35. The molecule has 98 valence electrons. The molecule has 1 N–H and O–H groups in total. The van der Waals surface area contributed by atoms with Gasteiger partial charge in [-0.2, -0.15) is 0 Å². The Bertz CT molecular complexity index is 428. The van der Waals surface area contributed by atoms with Crippen molar-refractivity contribution in [3.05, 3.63) is 29.8 Å². The predicted octanol–water partition coefficient (Wildman–Crippen LogP) is 2.73. The van der Waals surface area contributed by atoms with E-state index in [1.54, 1.807) is 0 Å². The normalized spacial score (nSPS) is 18.6. The molecule has 0 saturated carbocycles. The lowest BCUT2D eigenvalue weighted by atomic mass is 10.1. The van der Waals surface area contributed by atoms with Gasteiger partial charge >= 0.3 is 0 Å². The molecule has 1 aromatic rings. The Balaban J connectivity index is 2.28. The number of nitrogens with one attached hydrogen (secondary N) is 1. The predicted molar refractivity (Wildman–Crippen MR) is 74.7 cm³/mol. The van der Waals surface area contributed by atoms with Crippen LogP contribution in [0.4, 0.5) is 5.69 Å². The summed E-state index contributed by atoms with van der Waals surface area (Å²) in [6, 6.07) is 7.96. The van der Waals surface area contributed by atoms with Crippen LogP contribution in [0, 0.1) is 5.92 Å². The number of benzene rings is 1. The number of hydrogen-bond donors (Lipinski definition) is 1. The number of para-hydroxylation sites is 1. The maximum absolute atomic E-state index is 12.5. The molecule has 1 atom stereocenters. The van der Waals surface area contributed by atoms with Crippen molar-refractivity contribution in [2.24, 2.45) is 5.92 Å². The van der Waals surface area contributed by atoms with Crippen LogP contribution in [0.15, 0.2) is 24.3 Å². The van der Waals surface area contributed by atoms with Gasteiger partial charge in [-0.15, -0.1) is 0 Å². The Morgan fingerprint density at radius 3 is 2.72 bits per heavy atom. The van der Waals surface area contributed by atoms with Gasteiger partial charge in [0.1, 0.15) is 6.04 Å². The van der Waals surface area contributed by atoms with Crippen molar-refractivity contribution in [3.63, 3.8) is 0 Å². The molecule has 0 aliphatic carbocycles. The monoisotopic (exact) mass is 246 g/mol. The minimum atomic E-state index is -0.153. The van der Waals surface area contributed by atoms with E-state index in [0.717, 1.165) is 30.8 Å². The fourth-order valence-corrected chi connectivity index (χ4v) is 2.42. The number of rotatable bonds is 5. The molecule has 0 fully saturated rings. The van der Waals surface area contributed by atoms with Gasteiger partial charge in [0.2, 0.25) is 5.91 Å². The molecule has 1 unspecified atom stereocenters. The minimum Gasteiger partial charge on any atom is -0.310 e. The van der Waals surface area contributed by atoms with E-state index in [2.05, 4.69) is 32.2 Å². The van der Waals surface area contributed by atoms with Gasteiger partial charge < -0.3 is 10.2 Å². The van der Waals surface area contributed by atoms with E-state index in [-0.39, 0.29) is 11.9 Å². The molecule has 1 amide bonds. The maximum Gasteiger partial charge on any atom is 0.248 e. The fraction of sp³-hybridized carbons (Fsp3) is 0.533. The Morgan fingerprint density at radius 1 is 1.33 bits per heavy atom. The maximum atomic E-state index is 12.5. The molecule has 2 rings (SSSR count). The lowest BCUT2D eigenvalue weighted by Gasteiger charge is -2.20. The lowest BCUT2D eigenvalue weighted by Crippen LogP contribution is -2.36. The highest BCUT2D eigenvalue weighted by atomic mass is 16.2. The van der Waals surface area contributed by atoms with Crippen LogP contribution in [-0.4, -0.2) is 19.0 Å². The zero-order chi connectivity index (χ0) is 13.1. The van der Waals surface area contributed by atoms with Crippen LogP contribution in [0.1, 0.15) is 38.8 Å². The number of fused-ring (bicyclic) bond motifs is 1. The van der Waals surface area contributed by atoms with Gasteiger partial charge in [-0.3, -0.25) is 4.79 Å². The van der Waals surface area contributed by atoms with Crippen molar-refractivity contribution in [3.8, 4) is 0 Å². The van der Waals surface area contributed by atoms with E-state index in [1.807, 2.05) is 23.1 Å². The van der Waals surface area contributed by atoms with E-state index in [1.165, 1.54) is 0 Å². The van der Waals surface area contributed by atoms with Crippen molar-refractivity contribution in [1.82, 2.24) is 5.32 Å². The molecule has 3 nitrogen and oxygen atoms in total. The topological polar surface area (TPSA) is 32.3 Å².